The molecule has 1 rings (SSSR count). The molecule has 0 aliphatic rings. The van der Waals surface area contributed by atoms with E-state index in [1.807, 2.05) is 12.1 Å². The van der Waals surface area contributed by atoms with Crippen molar-refractivity contribution in [3.8, 4) is 5.75 Å². The van der Waals surface area contributed by atoms with Gasteiger partial charge in [-0.2, -0.15) is 0 Å². The van der Waals surface area contributed by atoms with E-state index in [1.54, 1.807) is 12.1 Å². The van der Waals surface area contributed by atoms with Gasteiger partial charge in [0.05, 0.1) is 0 Å². The Morgan fingerprint density at radius 1 is 1.06 bits per heavy atom. The fourth-order valence-electron chi connectivity index (χ4n) is 2.06. The maximum absolute atomic E-state index is 9.20. The molecule has 0 saturated heterocycles. The van der Waals surface area contributed by atoms with Crippen LogP contribution in [0.4, 0.5) is 0 Å². The van der Waals surface area contributed by atoms with Gasteiger partial charge >= 0.3 is 0 Å². The van der Waals surface area contributed by atoms with Crippen molar-refractivity contribution >= 4 is 0 Å². The van der Waals surface area contributed by atoms with Crippen LogP contribution in [0.5, 0.6) is 5.75 Å². The average molecular weight is 249 g/mol. The number of rotatable bonds is 9. The van der Waals surface area contributed by atoms with Gasteiger partial charge in [-0.3, -0.25) is 0 Å². The summed E-state index contributed by atoms with van der Waals surface area (Å²) >= 11 is 0. The Morgan fingerprint density at radius 3 is 2.39 bits per heavy atom. The molecule has 2 heteroatoms. The van der Waals surface area contributed by atoms with Crippen LogP contribution in [-0.4, -0.2) is 11.1 Å². The summed E-state index contributed by atoms with van der Waals surface area (Å²) in [5.41, 5.74) is 1.23. The average Bonchev–Trinajstić information content (AvgIpc) is 2.38. The minimum absolute atomic E-state index is 0.336. The van der Waals surface area contributed by atoms with Crippen LogP contribution in [0.15, 0.2) is 24.3 Å². The molecule has 2 N–H and O–H groups in total. The molecule has 0 spiro atoms. The summed E-state index contributed by atoms with van der Waals surface area (Å²) in [7, 11) is 0. The zero-order valence-corrected chi connectivity index (χ0v) is 11.8. The fourth-order valence-corrected chi connectivity index (χ4v) is 2.06. The fraction of sp³-hybridized carbons (Fsp3) is 0.625. The highest BCUT2D eigenvalue weighted by atomic mass is 16.3. The normalized spacial score (nSPS) is 12.6. The second kappa shape index (κ2) is 8.98. The van der Waals surface area contributed by atoms with Crippen molar-refractivity contribution in [2.24, 2.45) is 0 Å². The van der Waals surface area contributed by atoms with Crippen LogP contribution in [0.3, 0.4) is 0 Å². The van der Waals surface area contributed by atoms with Gasteiger partial charge < -0.3 is 10.4 Å². The Kier molecular flexibility index (Phi) is 7.51. The third-order valence-electron chi connectivity index (χ3n) is 3.33. The van der Waals surface area contributed by atoms with Crippen molar-refractivity contribution in [3.63, 3.8) is 0 Å². The van der Waals surface area contributed by atoms with E-state index in [9.17, 15) is 5.11 Å². The monoisotopic (exact) mass is 249 g/mol. The molecule has 0 aliphatic heterocycles. The van der Waals surface area contributed by atoms with Crippen LogP contribution in [0.2, 0.25) is 0 Å². The topological polar surface area (TPSA) is 32.3 Å². The lowest BCUT2D eigenvalue weighted by Gasteiger charge is -2.13. The summed E-state index contributed by atoms with van der Waals surface area (Å²) in [6.45, 7) is 5.39. The molecule has 102 valence electrons. The molecular weight excluding hydrogens is 222 g/mol. The van der Waals surface area contributed by atoms with E-state index >= 15 is 0 Å². The minimum atomic E-state index is 0.336. The van der Waals surface area contributed by atoms with Crippen LogP contribution >= 0.6 is 0 Å². The second-order valence-corrected chi connectivity index (χ2v) is 5.15. The SMILES string of the molecule is CCCCCCCC(C)NCc1ccc(O)cc1. The van der Waals surface area contributed by atoms with Gasteiger partial charge in [0.2, 0.25) is 0 Å². The molecule has 0 fully saturated rings. The van der Waals surface area contributed by atoms with Gasteiger partial charge in [-0.15, -0.1) is 0 Å². The van der Waals surface area contributed by atoms with Gasteiger partial charge in [0.15, 0.2) is 0 Å². The molecule has 1 unspecified atom stereocenters. The number of aromatic hydroxyl groups is 1. The van der Waals surface area contributed by atoms with Crippen molar-refractivity contribution in [1.29, 1.82) is 0 Å². The van der Waals surface area contributed by atoms with E-state index < -0.39 is 0 Å². The molecule has 0 bridgehead atoms. The summed E-state index contributed by atoms with van der Waals surface area (Å²) < 4.78 is 0. The molecule has 0 saturated carbocycles. The Labute approximate surface area is 111 Å². The summed E-state index contributed by atoms with van der Waals surface area (Å²) in [5, 5.41) is 12.7. The van der Waals surface area contributed by atoms with Crippen molar-refractivity contribution in [2.75, 3.05) is 0 Å². The largest absolute Gasteiger partial charge is 0.508 e. The summed E-state index contributed by atoms with van der Waals surface area (Å²) in [6.07, 6.45) is 8.00. The van der Waals surface area contributed by atoms with E-state index in [4.69, 9.17) is 0 Å². The standard InChI is InChI=1S/C16H27NO/c1-3-4-5-6-7-8-14(2)17-13-15-9-11-16(18)12-10-15/h9-12,14,17-18H,3-8,13H2,1-2H3. The first-order valence-electron chi connectivity index (χ1n) is 7.23. The van der Waals surface area contributed by atoms with Crippen molar-refractivity contribution in [3.05, 3.63) is 29.8 Å². The van der Waals surface area contributed by atoms with E-state index in [0.29, 0.717) is 11.8 Å². The zero-order chi connectivity index (χ0) is 13.2. The van der Waals surface area contributed by atoms with Gasteiger partial charge in [-0.05, 0) is 31.0 Å². The minimum Gasteiger partial charge on any atom is -0.508 e. The van der Waals surface area contributed by atoms with Crippen LogP contribution in [0, 0.1) is 0 Å². The Bertz CT molecular complexity index is 307. The number of hydrogen-bond acceptors (Lipinski definition) is 2. The maximum atomic E-state index is 9.20. The quantitative estimate of drug-likeness (QED) is 0.642. The first-order chi connectivity index (χ1) is 8.72. The first-order valence-corrected chi connectivity index (χ1v) is 7.23. The van der Waals surface area contributed by atoms with Gasteiger partial charge in [0.1, 0.15) is 5.75 Å². The van der Waals surface area contributed by atoms with Gasteiger partial charge in [-0.25, -0.2) is 0 Å². The van der Waals surface area contributed by atoms with E-state index in [-0.39, 0.29) is 0 Å². The molecule has 0 aromatic heterocycles. The molecule has 0 heterocycles. The maximum Gasteiger partial charge on any atom is 0.115 e. The van der Waals surface area contributed by atoms with E-state index in [2.05, 4.69) is 19.2 Å². The van der Waals surface area contributed by atoms with E-state index in [1.165, 1.54) is 44.1 Å². The lowest BCUT2D eigenvalue weighted by Crippen LogP contribution is -2.25. The van der Waals surface area contributed by atoms with Crippen LogP contribution < -0.4 is 5.32 Å². The molecule has 0 aliphatic carbocycles. The van der Waals surface area contributed by atoms with Crippen LogP contribution in [-0.2, 0) is 6.54 Å². The van der Waals surface area contributed by atoms with Gasteiger partial charge in [-0.1, -0.05) is 51.2 Å². The predicted molar refractivity (Wildman–Crippen MR) is 77.8 cm³/mol. The smallest absolute Gasteiger partial charge is 0.115 e. The molecule has 1 aromatic rings. The Balaban J connectivity index is 2.09. The van der Waals surface area contributed by atoms with Crippen molar-refractivity contribution in [2.45, 2.75) is 65.0 Å². The highest BCUT2D eigenvalue weighted by molar-refractivity contribution is 5.25. The van der Waals surface area contributed by atoms with Gasteiger partial charge in [0, 0.05) is 12.6 Å². The first kappa shape index (κ1) is 15.0. The Morgan fingerprint density at radius 2 is 1.72 bits per heavy atom. The number of phenols is 1. The number of nitrogens with one attached hydrogen (secondary N) is 1. The van der Waals surface area contributed by atoms with Crippen molar-refractivity contribution in [1.82, 2.24) is 5.32 Å². The predicted octanol–water partition coefficient (Wildman–Crippen LogP) is 4.23. The zero-order valence-electron chi connectivity index (χ0n) is 11.8. The summed E-state index contributed by atoms with van der Waals surface area (Å²) in [5.74, 6) is 0.336. The number of benzene rings is 1. The number of hydrogen-bond donors (Lipinski definition) is 2. The third kappa shape index (κ3) is 6.65. The lowest BCUT2D eigenvalue weighted by atomic mass is 10.1. The van der Waals surface area contributed by atoms with E-state index in [0.717, 1.165) is 6.54 Å². The third-order valence-corrected chi connectivity index (χ3v) is 3.33. The molecule has 1 atom stereocenters. The highest BCUT2D eigenvalue weighted by Crippen LogP contribution is 2.10. The molecule has 1 aromatic carbocycles. The van der Waals surface area contributed by atoms with Crippen LogP contribution in [0.1, 0.15) is 57.9 Å². The Hall–Kier alpha value is -1.02. The van der Waals surface area contributed by atoms with Gasteiger partial charge in [0.25, 0.3) is 0 Å². The molecule has 0 amide bonds. The van der Waals surface area contributed by atoms with Crippen molar-refractivity contribution < 1.29 is 5.11 Å². The molecule has 0 radical (unpaired) electrons. The summed E-state index contributed by atoms with van der Waals surface area (Å²) in [4.78, 5) is 0. The highest BCUT2D eigenvalue weighted by Gasteiger charge is 2.01. The molecule has 2 nitrogen and oxygen atoms in total. The second-order valence-electron chi connectivity index (χ2n) is 5.15. The lowest BCUT2D eigenvalue weighted by molar-refractivity contribution is 0.472. The summed E-state index contributed by atoms with van der Waals surface area (Å²) in [6, 6.07) is 7.99. The molecule has 18 heavy (non-hydrogen) atoms. The number of unbranched alkanes of at least 4 members (excludes halogenated alkanes) is 4. The molecular formula is C16H27NO. The number of phenolic OH excluding ortho intramolecular Hbond substituents is 1. The van der Waals surface area contributed by atoms with Crippen LogP contribution in [0.25, 0.3) is 0 Å².